The monoisotopic (exact) mass is 421 g/mol. The number of aromatic nitrogens is 1. The van der Waals surface area contributed by atoms with Crippen LogP contribution in [0.4, 0.5) is 0 Å². The molecule has 1 saturated heterocycles. The largest absolute Gasteiger partial charge is 0.481 e. The lowest BCUT2D eigenvalue weighted by Crippen LogP contribution is -2.51. The maximum absolute atomic E-state index is 12.8. The van der Waals surface area contributed by atoms with Gasteiger partial charge in [0.2, 0.25) is 0 Å². The summed E-state index contributed by atoms with van der Waals surface area (Å²) in [5.41, 5.74) is 3.37. The van der Waals surface area contributed by atoms with Gasteiger partial charge in [0.25, 0.3) is 5.91 Å². The molecule has 2 aromatic carbocycles. The Labute approximate surface area is 181 Å². The Morgan fingerprint density at radius 2 is 1.87 bits per heavy atom. The van der Waals surface area contributed by atoms with Gasteiger partial charge in [0.1, 0.15) is 10.8 Å². The van der Waals surface area contributed by atoms with Crippen LogP contribution in [-0.2, 0) is 11.3 Å². The highest BCUT2D eigenvalue weighted by Crippen LogP contribution is 2.24. The van der Waals surface area contributed by atoms with Gasteiger partial charge in [-0.25, -0.2) is 4.98 Å². The molecule has 0 N–H and O–H groups in total. The maximum atomic E-state index is 12.8. The van der Waals surface area contributed by atoms with Gasteiger partial charge in [-0.1, -0.05) is 42.5 Å². The van der Waals surface area contributed by atoms with Gasteiger partial charge in [-0.2, -0.15) is 0 Å². The minimum Gasteiger partial charge on any atom is -0.481 e. The minimum atomic E-state index is -0.481. The molecular formula is C24H27N3O2S. The van der Waals surface area contributed by atoms with Gasteiger partial charge in [0.05, 0.1) is 5.69 Å². The summed E-state index contributed by atoms with van der Waals surface area (Å²) in [7, 11) is 0. The van der Waals surface area contributed by atoms with E-state index in [1.807, 2.05) is 61.2 Å². The van der Waals surface area contributed by atoms with Gasteiger partial charge in [0.15, 0.2) is 6.10 Å². The average molecular weight is 422 g/mol. The number of piperazine rings is 1. The number of benzene rings is 2. The van der Waals surface area contributed by atoms with Crippen molar-refractivity contribution in [2.75, 3.05) is 26.2 Å². The van der Waals surface area contributed by atoms with E-state index in [1.165, 1.54) is 0 Å². The topological polar surface area (TPSA) is 45.7 Å². The summed E-state index contributed by atoms with van der Waals surface area (Å²) in [6, 6.07) is 18.1. The fraction of sp³-hybridized carbons (Fsp3) is 0.333. The Morgan fingerprint density at radius 3 is 2.60 bits per heavy atom. The van der Waals surface area contributed by atoms with Gasteiger partial charge >= 0.3 is 0 Å². The summed E-state index contributed by atoms with van der Waals surface area (Å²) in [6.07, 6.45) is -0.481. The first-order valence-corrected chi connectivity index (χ1v) is 11.2. The number of amides is 1. The van der Waals surface area contributed by atoms with Crippen LogP contribution in [0.3, 0.4) is 0 Å². The van der Waals surface area contributed by atoms with Gasteiger partial charge in [-0.15, -0.1) is 11.3 Å². The third-order valence-corrected chi connectivity index (χ3v) is 6.23. The highest BCUT2D eigenvalue weighted by Gasteiger charge is 2.26. The fourth-order valence-electron chi connectivity index (χ4n) is 3.65. The van der Waals surface area contributed by atoms with E-state index in [2.05, 4.69) is 22.4 Å². The zero-order valence-electron chi connectivity index (χ0n) is 17.5. The summed E-state index contributed by atoms with van der Waals surface area (Å²) in [4.78, 5) is 21.8. The van der Waals surface area contributed by atoms with Crippen molar-refractivity contribution >= 4 is 17.2 Å². The Kier molecular flexibility index (Phi) is 6.45. The highest BCUT2D eigenvalue weighted by atomic mass is 32.1. The van der Waals surface area contributed by atoms with Crippen LogP contribution in [0.1, 0.15) is 18.2 Å². The molecule has 0 bridgehead atoms. The predicted octanol–water partition coefficient (Wildman–Crippen LogP) is 4.23. The fourth-order valence-corrected chi connectivity index (χ4v) is 4.47. The van der Waals surface area contributed by atoms with Crippen LogP contribution in [0, 0.1) is 6.92 Å². The zero-order chi connectivity index (χ0) is 20.9. The Morgan fingerprint density at radius 1 is 1.10 bits per heavy atom. The molecule has 1 aromatic heterocycles. The van der Waals surface area contributed by atoms with Crippen LogP contribution >= 0.6 is 11.3 Å². The predicted molar refractivity (Wildman–Crippen MR) is 121 cm³/mol. The molecule has 30 heavy (non-hydrogen) atoms. The van der Waals surface area contributed by atoms with E-state index in [0.717, 1.165) is 60.3 Å². The van der Waals surface area contributed by atoms with E-state index in [-0.39, 0.29) is 5.91 Å². The summed E-state index contributed by atoms with van der Waals surface area (Å²) in [5.74, 6) is 0.795. The second-order valence-corrected chi connectivity index (χ2v) is 8.55. The maximum Gasteiger partial charge on any atom is 0.263 e. The second kappa shape index (κ2) is 9.41. The van der Waals surface area contributed by atoms with Gasteiger partial charge in [-0.3, -0.25) is 9.69 Å². The molecule has 0 spiro atoms. The molecule has 4 rings (SSSR count). The number of thiazole rings is 1. The molecular weight excluding hydrogens is 394 g/mol. The number of carbonyl (C=O) groups excluding carboxylic acids is 1. The Balaban J connectivity index is 1.27. The summed E-state index contributed by atoms with van der Waals surface area (Å²) in [5, 5.41) is 3.19. The van der Waals surface area contributed by atoms with Crippen molar-refractivity contribution in [3.05, 3.63) is 71.2 Å². The molecule has 2 heterocycles. The lowest BCUT2D eigenvalue weighted by Gasteiger charge is -2.35. The number of hydrogen-bond acceptors (Lipinski definition) is 5. The first-order chi connectivity index (χ1) is 14.6. The standard InChI is InChI=1S/C24H27N3O2S/c1-18-7-6-10-22(15-18)29-19(2)24(28)27-13-11-26(12-14-27)16-21-17-30-23(25-21)20-8-4-3-5-9-20/h3-10,15,17,19H,11-14,16H2,1-2H3. The van der Waals surface area contributed by atoms with Crippen molar-refractivity contribution in [2.24, 2.45) is 0 Å². The summed E-state index contributed by atoms with van der Waals surface area (Å²) < 4.78 is 5.86. The van der Waals surface area contributed by atoms with E-state index >= 15 is 0 Å². The molecule has 0 saturated carbocycles. The number of hydrogen-bond donors (Lipinski definition) is 0. The zero-order valence-corrected chi connectivity index (χ0v) is 18.3. The molecule has 1 aliphatic heterocycles. The Hall–Kier alpha value is -2.70. The van der Waals surface area contributed by atoms with Crippen molar-refractivity contribution < 1.29 is 9.53 Å². The smallest absolute Gasteiger partial charge is 0.263 e. The number of ether oxygens (including phenoxy) is 1. The van der Waals surface area contributed by atoms with E-state index in [4.69, 9.17) is 9.72 Å². The lowest BCUT2D eigenvalue weighted by atomic mass is 10.2. The van der Waals surface area contributed by atoms with Crippen LogP contribution in [0.2, 0.25) is 0 Å². The van der Waals surface area contributed by atoms with E-state index in [9.17, 15) is 4.79 Å². The van der Waals surface area contributed by atoms with Crippen molar-refractivity contribution in [2.45, 2.75) is 26.5 Å². The average Bonchev–Trinajstić information content (AvgIpc) is 3.23. The quantitative estimate of drug-likeness (QED) is 0.598. The van der Waals surface area contributed by atoms with Crippen molar-refractivity contribution in [3.8, 4) is 16.3 Å². The molecule has 1 amide bonds. The molecule has 1 atom stereocenters. The molecule has 1 fully saturated rings. The SMILES string of the molecule is Cc1cccc(OC(C)C(=O)N2CCN(Cc3csc(-c4ccccc4)n3)CC2)c1. The van der Waals surface area contributed by atoms with E-state index in [0.29, 0.717) is 0 Å². The van der Waals surface area contributed by atoms with Gasteiger partial charge in [0, 0.05) is 43.7 Å². The third-order valence-electron chi connectivity index (χ3n) is 5.29. The van der Waals surface area contributed by atoms with Gasteiger partial charge in [-0.05, 0) is 31.5 Å². The first-order valence-electron chi connectivity index (χ1n) is 10.3. The van der Waals surface area contributed by atoms with Crippen LogP contribution in [0.5, 0.6) is 5.75 Å². The molecule has 1 unspecified atom stereocenters. The van der Waals surface area contributed by atoms with Crippen molar-refractivity contribution in [1.29, 1.82) is 0 Å². The van der Waals surface area contributed by atoms with E-state index < -0.39 is 6.10 Å². The molecule has 6 heteroatoms. The van der Waals surface area contributed by atoms with Crippen LogP contribution < -0.4 is 4.74 Å². The summed E-state index contributed by atoms with van der Waals surface area (Å²) in [6.45, 7) is 7.80. The number of aryl methyl sites for hydroxylation is 1. The number of carbonyl (C=O) groups is 1. The molecule has 1 aliphatic rings. The van der Waals surface area contributed by atoms with Crippen LogP contribution in [0.15, 0.2) is 60.0 Å². The first kappa shape index (κ1) is 20.6. The van der Waals surface area contributed by atoms with Crippen molar-refractivity contribution in [3.63, 3.8) is 0 Å². The molecule has 5 nitrogen and oxygen atoms in total. The number of rotatable bonds is 6. The molecule has 0 radical (unpaired) electrons. The third kappa shape index (κ3) is 5.07. The van der Waals surface area contributed by atoms with Crippen molar-refractivity contribution in [1.82, 2.24) is 14.8 Å². The lowest BCUT2D eigenvalue weighted by molar-refractivity contribution is -0.139. The van der Waals surface area contributed by atoms with Gasteiger partial charge < -0.3 is 9.64 Å². The molecule has 0 aliphatic carbocycles. The van der Waals surface area contributed by atoms with Crippen LogP contribution in [0.25, 0.3) is 10.6 Å². The Bertz CT molecular complexity index is 981. The number of nitrogens with zero attached hydrogens (tertiary/aromatic N) is 3. The molecule has 3 aromatic rings. The normalized spacial score (nSPS) is 15.7. The molecule has 156 valence electrons. The second-order valence-electron chi connectivity index (χ2n) is 7.69. The minimum absolute atomic E-state index is 0.0520. The highest BCUT2D eigenvalue weighted by molar-refractivity contribution is 7.13. The summed E-state index contributed by atoms with van der Waals surface area (Å²) >= 11 is 1.68. The van der Waals surface area contributed by atoms with Crippen LogP contribution in [-0.4, -0.2) is 53.0 Å². The van der Waals surface area contributed by atoms with E-state index in [1.54, 1.807) is 11.3 Å².